The number of hydrogen-bond donors (Lipinski definition) is 3. The van der Waals surface area contributed by atoms with E-state index >= 15 is 0 Å². The third-order valence-electron chi connectivity index (χ3n) is 2.25. The van der Waals surface area contributed by atoms with Crippen LogP contribution in [0, 0.1) is 0 Å². The summed E-state index contributed by atoms with van der Waals surface area (Å²) in [6.07, 6.45) is 0.745. The predicted molar refractivity (Wildman–Crippen MR) is 66.3 cm³/mol. The Morgan fingerprint density at radius 3 is 2.50 bits per heavy atom. The van der Waals surface area contributed by atoms with Gasteiger partial charge in [-0.3, -0.25) is 0 Å². The van der Waals surface area contributed by atoms with Gasteiger partial charge < -0.3 is 16.4 Å². The molecule has 4 heteroatoms. The molecule has 0 unspecified atom stereocenters. The van der Waals surface area contributed by atoms with Crippen LogP contribution < -0.4 is 16.4 Å². The molecule has 2 amide bonds. The van der Waals surface area contributed by atoms with Crippen LogP contribution in [-0.2, 0) is 0 Å². The Hall–Kier alpha value is -1.55. The van der Waals surface area contributed by atoms with Crippen LogP contribution in [0.3, 0.4) is 0 Å². The molecule has 4 nitrogen and oxygen atoms in total. The Kier molecular flexibility index (Phi) is 4.31. The van der Waals surface area contributed by atoms with Gasteiger partial charge in [0.05, 0.1) is 0 Å². The Bertz CT molecular complexity index is 335. The summed E-state index contributed by atoms with van der Waals surface area (Å²) in [5.41, 5.74) is 5.97. The van der Waals surface area contributed by atoms with E-state index in [1.165, 1.54) is 0 Å². The van der Waals surface area contributed by atoms with Crippen molar-refractivity contribution in [2.24, 2.45) is 5.73 Å². The van der Waals surface area contributed by atoms with Crippen molar-refractivity contribution in [3.63, 3.8) is 0 Å². The summed E-state index contributed by atoms with van der Waals surface area (Å²) in [4.78, 5) is 11.6. The minimum absolute atomic E-state index is 0.204. The number of amides is 2. The number of carbonyl (C=O) groups is 1. The van der Waals surface area contributed by atoms with Crippen LogP contribution in [0.15, 0.2) is 30.3 Å². The topological polar surface area (TPSA) is 67.1 Å². The van der Waals surface area contributed by atoms with Crippen LogP contribution in [0.1, 0.15) is 20.3 Å². The second kappa shape index (κ2) is 5.51. The van der Waals surface area contributed by atoms with E-state index in [-0.39, 0.29) is 11.6 Å². The number of carbonyl (C=O) groups excluding carboxylic acids is 1. The first-order valence-corrected chi connectivity index (χ1v) is 5.38. The second-order valence-corrected chi connectivity index (χ2v) is 4.37. The Labute approximate surface area is 96.2 Å². The second-order valence-electron chi connectivity index (χ2n) is 4.37. The average Bonchev–Trinajstić information content (AvgIpc) is 2.17. The Morgan fingerprint density at radius 2 is 1.94 bits per heavy atom. The number of para-hydroxylation sites is 1. The fourth-order valence-electron chi connectivity index (χ4n) is 1.41. The summed E-state index contributed by atoms with van der Waals surface area (Å²) in [6.45, 7) is 4.45. The molecular weight excluding hydrogens is 202 g/mol. The molecule has 0 bridgehead atoms. The zero-order chi connectivity index (χ0) is 12.0. The summed E-state index contributed by atoms with van der Waals surface area (Å²) in [5, 5.41) is 5.64. The molecule has 4 N–H and O–H groups in total. The summed E-state index contributed by atoms with van der Waals surface area (Å²) in [6, 6.07) is 9.14. The number of rotatable bonds is 4. The average molecular weight is 221 g/mol. The SMILES string of the molecule is CC(C)(CCN)NC(=O)Nc1ccccc1. The monoisotopic (exact) mass is 221 g/mol. The first kappa shape index (κ1) is 12.5. The summed E-state index contributed by atoms with van der Waals surface area (Å²) < 4.78 is 0. The van der Waals surface area contributed by atoms with Gasteiger partial charge in [-0.2, -0.15) is 0 Å². The molecule has 0 spiro atoms. The van der Waals surface area contributed by atoms with E-state index in [9.17, 15) is 4.79 Å². The molecule has 0 atom stereocenters. The third-order valence-corrected chi connectivity index (χ3v) is 2.25. The van der Waals surface area contributed by atoms with E-state index in [1.54, 1.807) is 0 Å². The molecule has 0 aliphatic heterocycles. The molecule has 0 fully saturated rings. The lowest BCUT2D eigenvalue weighted by Gasteiger charge is -2.25. The van der Waals surface area contributed by atoms with Gasteiger partial charge in [0.25, 0.3) is 0 Å². The van der Waals surface area contributed by atoms with E-state index < -0.39 is 0 Å². The van der Waals surface area contributed by atoms with Crippen molar-refractivity contribution in [3.8, 4) is 0 Å². The van der Waals surface area contributed by atoms with Crippen LogP contribution in [0.25, 0.3) is 0 Å². The van der Waals surface area contributed by atoms with Crippen molar-refractivity contribution in [1.29, 1.82) is 0 Å². The number of anilines is 1. The molecule has 0 aliphatic carbocycles. The molecule has 16 heavy (non-hydrogen) atoms. The quantitative estimate of drug-likeness (QED) is 0.727. The highest BCUT2D eigenvalue weighted by Gasteiger charge is 2.18. The lowest BCUT2D eigenvalue weighted by atomic mass is 10.0. The molecule has 1 aromatic carbocycles. The molecule has 88 valence electrons. The number of urea groups is 1. The van der Waals surface area contributed by atoms with Crippen LogP contribution in [0.4, 0.5) is 10.5 Å². The van der Waals surface area contributed by atoms with Gasteiger partial charge in [-0.1, -0.05) is 18.2 Å². The highest BCUT2D eigenvalue weighted by molar-refractivity contribution is 5.89. The van der Waals surface area contributed by atoms with Gasteiger partial charge >= 0.3 is 6.03 Å². The van der Waals surface area contributed by atoms with Crippen LogP contribution in [-0.4, -0.2) is 18.1 Å². The van der Waals surface area contributed by atoms with E-state index in [2.05, 4.69) is 10.6 Å². The maximum Gasteiger partial charge on any atom is 0.319 e. The van der Waals surface area contributed by atoms with Gasteiger partial charge in [0.1, 0.15) is 0 Å². The van der Waals surface area contributed by atoms with Crippen molar-refractivity contribution >= 4 is 11.7 Å². The smallest absolute Gasteiger partial charge is 0.319 e. The Morgan fingerprint density at radius 1 is 1.31 bits per heavy atom. The van der Waals surface area contributed by atoms with Crippen molar-refractivity contribution < 1.29 is 4.79 Å². The first-order chi connectivity index (χ1) is 7.53. The third kappa shape index (κ3) is 4.31. The molecule has 1 aromatic rings. The lowest BCUT2D eigenvalue weighted by molar-refractivity contribution is 0.240. The van der Waals surface area contributed by atoms with E-state index in [1.807, 2.05) is 44.2 Å². The van der Waals surface area contributed by atoms with Gasteiger partial charge in [-0.15, -0.1) is 0 Å². The van der Waals surface area contributed by atoms with E-state index in [0.717, 1.165) is 12.1 Å². The Balaban J connectivity index is 2.48. The molecule has 0 aromatic heterocycles. The summed E-state index contributed by atoms with van der Waals surface area (Å²) >= 11 is 0. The minimum Gasteiger partial charge on any atom is -0.333 e. The van der Waals surface area contributed by atoms with Crippen molar-refractivity contribution in [3.05, 3.63) is 30.3 Å². The van der Waals surface area contributed by atoms with Gasteiger partial charge in [-0.05, 0) is 38.9 Å². The summed E-state index contributed by atoms with van der Waals surface area (Å²) in [5.74, 6) is 0. The van der Waals surface area contributed by atoms with Gasteiger partial charge in [0, 0.05) is 11.2 Å². The number of benzene rings is 1. The zero-order valence-electron chi connectivity index (χ0n) is 9.79. The lowest BCUT2D eigenvalue weighted by Crippen LogP contribution is -2.46. The zero-order valence-corrected chi connectivity index (χ0v) is 9.79. The number of hydrogen-bond acceptors (Lipinski definition) is 2. The van der Waals surface area contributed by atoms with Crippen molar-refractivity contribution in [2.45, 2.75) is 25.8 Å². The van der Waals surface area contributed by atoms with E-state index in [0.29, 0.717) is 6.54 Å². The molecule has 0 aliphatic rings. The maximum absolute atomic E-state index is 11.6. The maximum atomic E-state index is 11.6. The highest BCUT2D eigenvalue weighted by Crippen LogP contribution is 2.09. The fourth-order valence-corrected chi connectivity index (χ4v) is 1.41. The summed E-state index contributed by atoms with van der Waals surface area (Å²) in [7, 11) is 0. The largest absolute Gasteiger partial charge is 0.333 e. The standard InChI is InChI=1S/C12H19N3O/c1-12(2,8-9-13)15-11(16)14-10-6-4-3-5-7-10/h3-7H,8-9,13H2,1-2H3,(H2,14,15,16). The first-order valence-electron chi connectivity index (χ1n) is 5.38. The molecular formula is C12H19N3O. The molecule has 0 saturated heterocycles. The van der Waals surface area contributed by atoms with Gasteiger partial charge in [-0.25, -0.2) is 4.79 Å². The van der Waals surface area contributed by atoms with E-state index in [4.69, 9.17) is 5.73 Å². The predicted octanol–water partition coefficient (Wildman–Crippen LogP) is 1.94. The minimum atomic E-state index is -0.284. The number of nitrogens with two attached hydrogens (primary N) is 1. The molecule has 0 heterocycles. The van der Waals surface area contributed by atoms with Crippen LogP contribution in [0.5, 0.6) is 0 Å². The molecule has 0 radical (unpaired) electrons. The van der Waals surface area contributed by atoms with Gasteiger partial charge in [0.2, 0.25) is 0 Å². The molecule has 0 saturated carbocycles. The van der Waals surface area contributed by atoms with Crippen molar-refractivity contribution in [1.82, 2.24) is 5.32 Å². The van der Waals surface area contributed by atoms with Crippen LogP contribution in [0.2, 0.25) is 0 Å². The fraction of sp³-hybridized carbons (Fsp3) is 0.417. The van der Waals surface area contributed by atoms with Gasteiger partial charge in [0.15, 0.2) is 0 Å². The highest BCUT2D eigenvalue weighted by atomic mass is 16.2. The van der Waals surface area contributed by atoms with Crippen molar-refractivity contribution in [2.75, 3.05) is 11.9 Å². The number of nitrogens with one attached hydrogen (secondary N) is 2. The van der Waals surface area contributed by atoms with Crippen LogP contribution >= 0.6 is 0 Å². The normalized spacial score (nSPS) is 10.9. The molecule has 1 rings (SSSR count).